The Morgan fingerprint density at radius 1 is 1.12 bits per heavy atom. The van der Waals surface area contributed by atoms with Gasteiger partial charge in [-0.3, -0.25) is 4.79 Å². The highest BCUT2D eigenvalue weighted by Gasteiger charge is 2.16. The van der Waals surface area contributed by atoms with Crippen LogP contribution in [0.5, 0.6) is 0 Å². The molecule has 1 amide bonds. The van der Waals surface area contributed by atoms with Crippen LogP contribution in [0.15, 0.2) is 48.5 Å². The number of nitrogens with one attached hydrogen (secondary N) is 2. The third kappa shape index (κ3) is 3.75. The van der Waals surface area contributed by atoms with E-state index < -0.39 is 0 Å². The van der Waals surface area contributed by atoms with E-state index in [9.17, 15) is 4.79 Å². The second-order valence-electron chi connectivity index (χ2n) is 5.34. The molecule has 3 aromatic rings. The lowest BCUT2D eigenvalue weighted by molar-refractivity contribution is 0.102. The summed E-state index contributed by atoms with van der Waals surface area (Å²) in [6.07, 6.45) is 0. The molecule has 0 aliphatic rings. The van der Waals surface area contributed by atoms with Crippen LogP contribution in [0.1, 0.15) is 20.9 Å². The topological polar surface area (TPSA) is 54.0 Å². The molecular formula is C18H16ClN3OS. The molecule has 3 rings (SSSR count). The van der Waals surface area contributed by atoms with Crippen molar-refractivity contribution in [2.45, 2.75) is 13.8 Å². The highest BCUT2D eigenvalue weighted by molar-refractivity contribution is 7.17. The van der Waals surface area contributed by atoms with Crippen molar-refractivity contribution in [1.29, 1.82) is 0 Å². The molecule has 0 aliphatic heterocycles. The van der Waals surface area contributed by atoms with Crippen LogP contribution in [0.3, 0.4) is 0 Å². The number of hydrogen-bond acceptors (Lipinski definition) is 4. The number of amides is 1. The molecule has 0 aliphatic carbocycles. The quantitative estimate of drug-likeness (QED) is 0.656. The van der Waals surface area contributed by atoms with Crippen LogP contribution in [-0.4, -0.2) is 10.9 Å². The molecule has 2 N–H and O–H groups in total. The van der Waals surface area contributed by atoms with Gasteiger partial charge in [0, 0.05) is 16.4 Å². The number of carbonyl (C=O) groups is 1. The zero-order valence-corrected chi connectivity index (χ0v) is 14.8. The lowest BCUT2D eigenvalue weighted by Crippen LogP contribution is -2.12. The molecule has 0 bridgehead atoms. The third-order valence-electron chi connectivity index (χ3n) is 3.46. The van der Waals surface area contributed by atoms with Gasteiger partial charge in [-0.05, 0) is 49.7 Å². The summed E-state index contributed by atoms with van der Waals surface area (Å²) in [5.74, 6) is -0.170. The molecule has 2 aromatic carbocycles. The van der Waals surface area contributed by atoms with Gasteiger partial charge in [-0.15, -0.1) is 0 Å². The van der Waals surface area contributed by atoms with Crippen molar-refractivity contribution in [3.05, 3.63) is 69.7 Å². The second kappa shape index (κ2) is 7.03. The molecule has 0 saturated heterocycles. The first-order chi connectivity index (χ1) is 11.5. The van der Waals surface area contributed by atoms with Crippen molar-refractivity contribution in [2.24, 2.45) is 0 Å². The molecule has 1 heterocycles. The maximum Gasteiger partial charge on any atom is 0.267 e. The molecule has 6 heteroatoms. The van der Waals surface area contributed by atoms with Gasteiger partial charge < -0.3 is 10.6 Å². The number of anilines is 3. The number of hydrogen-bond donors (Lipinski definition) is 2. The minimum Gasteiger partial charge on any atom is -0.332 e. The first kappa shape index (κ1) is 16.5. The molecule has 0 fully saturated rings. The fourth-order valence-electron chi connectivity index (χ4n) is 2.25. The van der Waals surface area contributed by atoms with Crippen LogP contribution in [0.2, 0.25) is 5.02 Å². The van der Waals surface area contributed by atoms with Gasteiger partial charge >= 0.3 is 0 Å². The SMILES string of the molecule is Cc1cc(Cl)ccc1NC(=O)c1sc(Nc2ccccc2)nc1C. The van der Waals surface area contributed by atoms with Gasteiger partial charge in [0.25, 0.3) is 5.91 Å². The van der Waals surface area contributed by atoms with Crippen molar-refractivity contribution in [2.75, 3.05) is 10.6 Å². The number of carbonyl (C=O) groups excluding carboxylic acids is 1. The Hall–Kier alpha value is -2.37. The van der Waals surface area contributed by atoms with Crippen molar-refractivity contribution >= 4 is 45.4 Å². The Morgan fingerprint density at radius 2 is 1.88 bits per heavy atom. The molecule has 4 nitrogen and oxygen atoms in total. The number of halogens is 1. The highest BCUT2D eigenvalue weighted by atomic mass is 35.5. The van der Waals surface area contributed by atoms with Gasteiger partial charge in [0.1, 0.15) is 4.88 Å². The van der Waals surface area contributed by atoms with E-state index in [0.717, 1.165) is 16.9 Å². The number of thiazole rings is 1. The Labute approximate surface area is 149 Å². The minimum atomic E-state index is -0.170. The smallest absolute Gasteiger partial charge is 0.267 e. The predicted octanol–water partition coefficient (Wildman–Crippen LogP) is 5.41. The zero-order chi connectivity index (χ0) is 17.1. The average molecular weight is 358 g/mol. The molecule has 1 aromatic heterocycles. The van der Waals surface area contributed by atoms with E-state index in [-0.39, 0.29) is 5.91 Å². The van der Waals surface area contributed by atoms with Crippen LogP contribution in [0, 0.1) is 13.8 Å². The van der Waals surface area contributed by atoms with Crippen LogP contribution >= 0.6 is 22.9 Å². The zero-order valence-electron chi connectivity index (χ0n) is 13.3. The highest BCUT2D eigenvalue weighted by Crippen LogP contribution is 2.27. The van der Waals surface area contributed by atoms with Gasteiger partial charge in [-0.2, -0.15) is 0 Å². The Kier molecular flexibility index (Phi) is 4.83. The fourth-order valence-corrected chi connectivity index (χ4v) is 3.36. The van der Waals surface area contributed by atoms with Crippen molar-refractivity contribution < 1.29 is 4.79 Å². The number of nitrogens with zero attached hydrogens (tertiary/aromatic N) is 1. The van der Waals surface area contributed by atoms with Gasteiger partial charge in [-0.25, -0.2) is 4.98 Å². The number of aryl methyl sites for hydroxylation is 2. The van der Waals surface area contributed by atoms with Crippen LogP contribution in [-0.2, 0) is 0 Å². The lowest BCUT2D eigenvalue weighted by atomic mass is 10.2. The summed E-state index contributed by atoms with van der Waals surface area (Å²) >= 11 is 7.28. The van der Waals surface area contributed by atoms with Crippen molar-refractivity contribution in [3.8, 4) is 0 Å². The summed E-state index contributed by atoms with van der Waals surface area (Å²) in [5, 5.41) is 7.47. The molecule has 0 spiro atoms. The van der Waals surface area contributed by atoms with E-state index in [0.29, 0.717) is 20.7 Å². The van der Waals surface area contributed by atoms with Gasteiger partial charge in [-0.1, -0.05) is 41.1 Å². The summed E-state index contributed by atoms with van der Waals surface area (Å²) < 4.78 is 0. The lowest BCUT2D eigenvalue weighted by Gasteiger charge is -2.07. The van der Waals surface area contributed by atoms with E-state index >= 15 is 0 Å². The maximum atomic E-state index is 12.5. The standard InChI is InChI=1S/C18H16ClN3OS/c1-11-10-13(19)8-9-15(11)22-17(23)16-12(2)20-18(24-16)21-14-6-4-3-5-7-14/h3-10H,1-2H3,(H,20,21)(H,22,23). The van der Waals surface area contributed by atoms with Crippen LogP contribution in [0.4, 0.5) is 16.5 Å². The Bertz CT molecular complexity index is 877. The van der Waals surface area contributed by atoms with Gasteiger partial charge in [0.2, 0.25) is 0 Å². The van der Waals surface area contributed by atoms with Crippen LogP contribution in [0.25, 0.3) is 0 Å². The van der Waals surface area contributed by atoms with E-state index in [2.05, 4.69) is 15.6 Å². The Morgan fingerprint density at radius 3 is 2.58 bits per heavy atom. The normalized spacial score (nSPS) is 10.5. The van der Waals surface area contributed by atoms with E-state index in [1.54, 1.807) is 12.1 Å². The maximum absolute atomic E-state index is 12.5. The number of benzene rings is 2. The van der Waals surface area contributed by atoms with Crippen LogP contribution < -0.4 is 10.6 Å². The van der Waals surface area contributed by atoms with E-state index in [1.165, 1.54) is 11.3 Å². The third-order valence-corrected chi connectivity index (χ3v) is 4.77. The first-order valence-corrected chi connectivity index (χ1v) is 8.59. The summed E-state index contributed by atoms with van der Waals surface area (Å²) in [4.78, 5) is 17.6. The monoisotopic (exact) mass is 357 g/mol. The molecule has 0 radical (unpaired) electrons. The summed E-state index contributed by atoms with van der Waals surface area (Å²) in [5.41, 5.74) is 3.30. The molecule has 122 valence electrons. The Balaban J connectivity index is 1.78. The molecular weight excluding hydrogens is 342 g/mol. The fraction of sp³-hybridized carbons (Fsp3) is 0.111. The largest absolute Gasteiger partial charge is 0.332 e. The predicted molar refractivity (Wildman–Crippen MR) is 101 cm³/mol. The number of aromatic nitrogens is 1. The molecule has 24 heavy (non-hydrogen) atoms. The average Bonchev–Trinajstić information content (AvgIpc) is 2.91. The van der Waals surface area contributed by atoms with E-state index in [1.807, 2.05) is 50.2 Å². The van der Waals surface area contributed by atoms with E-state index in [4.69, 9.17) is 11.6 Å². The molecule has 0 atom stereocenters. The van der Waals surface area contributed by atoms with Gasteiger partial charge in [0.15, 0.2) is 5.13 Å². The molecule has 0 unspecified atom stereocenters. The summed E-state index contributed by atoms with van der Waals surface area (Å²) in [6, 6.07) is 15.1. The number of rotatable bonds is 4. The summed E-state index contributed by atoms with van der Waals surface area (Å²) in [6.45, 7) is 3.74. The minimum absolute atomic E-state index is 0.170. The number of para-hydroxylation sites is 1. The second-order valence-corrected chi connectivity index (χ2v) is 6.77. The first-order valence-electron chi connectivity index (χ1n) is 7.40. The molecule has 0 saturated carbocycles. The van der Waals surface area contributed by atoms with Crippen molar-refractivity contribution in [1.82, 2.24) is 4.98 Å². The van der Waals surface area contributed by atoms with Crippen molar-refractivity contribution in [3.63, 3.8) is 0 Å². The summed E-state index contributed by atoms with van der Waals surface area (Å²) in [7, 11) is 0. The van der Waals surface area contributed by atoms with Gasteiger partial charge in [0.05, 0.1) is 5.69 Å².